The summed E-state index contributed by atoms with van der Waals surface area (Å²) < 4.78 is 0. The van der Waals surface area contributed by atoms with Crippen LogP contribution in [-0.2, 0) is 71.9 Å². The summed E-state index contributed by atoms with van der Waals surface area (Å²) in [5.41, 5.74) is 0. The van der Waals surface area contributed by atoms with Crippen LogP contribution in [0.3, 0.4) is 0 Å². The lowest BCUT2D eigenvalue weighted by Crippen LogP contribution is -2.63. The van der Waals surface area contributed by atoms with E-state index in [9.17, 15) is 92.3 Å². The van der Waals surface area contributed by atoms with Crippen molar-refractivity contribution in [3.05, 3.63) is 12.2 Å². The zero-order chi connectivity index (χ0) is 65.6. The third-order valence-corrected chi connectivity index (χ3v) is 15.1. The smallest absolute Gasteiger partial charge is 0.305 e. The highest BCUT2D eigenvalue weighted by Gasteiger charge is 2.43. The molecule has 12 amide bonds. The molecule has 0 radical (unpaired) electrons. The van der Waals surface area contributed by atoms with Crippen molar-refractivity contribution in [2.75, 3.05) is 39.3 Å². The number of aliphatic hydroxyl groups excluding tert-OH is 1. The zero-order valence-corrected chi connectivity index (χ0v) is 50.8. The SMILES string of the molecule is C.CCC(C)C1NC(=O)C(C(C)O)NC(=O)CNC(=O)C(CC(=O)O)NC(=O)CNC(=O)C(CC(=O)O)NC(=O)CNC(=O)C2CCCCN2C(=O)C(NC(=O)C(CC(=O)O)NC(=O)/C=C/CCCCCCCCCC(C)C)CNC(=O)C2CCCN2C1=O. The van der Waals surface area contributed by atoms with Gasteiger partial charge in [0, 0.05) is 19.6 Å². The van der Waals surface area contributed by atoms with Gasteiger partial charge in [0.25, 0.3) is 0 Å². The number of allylic oxidation sites excluding steroid dienone is 1. The third-order valence-electron chi connectivity index (χ3n) is 15.1. The normalized spacial score (nSPS) is 23.8. The molecule has 10 unspecified atom stereocenters. The van der Waals surface area contributed by atoms with Crippen molar-refractivity contribution in [2.24, 2.45) is 11.8 Å². The maximum Gasteiger partial charge on any atom is 0.305 e. The van der Waals surface area contributed by atoms with Gasteiger partial charge in [-0.15, -0.1) is 0 Å². The van der Waals surface area contributed by atoms with Crippen LogP contribution in [-0.4, -0.2) is 213 Å². The number of piperidine rings is 1. The fourth-order valence-electron chi connectivity index (χ4n) is 10.1. The zero-order valence-electron chi connectivity index (χ0n) is 50.8. The quantitative estimate of drug-likeness (QED) is 0.0387. The summed E-state index contributed by atoms with van der Waals surface area (Å²) in [5, 5.41) is 62.4. The van der Waals surface area contributed by atoms with Crippen molar-refractivity contribution in [3.8, 4) is 0 Å². The predicted molar refractivity (Wildman–Crippen MR) is 318 cm³/mol. The Morgan fingerprint density at radius 3 is 1.61 bits per heavy atom. The molecule has 3 aliphatic rings. The number of hydrogen-bond donors (Lipinski definition) is 14. The van der Waals surface area contributed by atoms with Crippen LogP contribution in [0.2, 0.25) is 0 Å². The first kappa shape index (κ1) is 76.8. The molecule has 3 aliphatic heterocycles. The van der Waals surface area contributed by atoms with Gasteiger partial charge in [-0.3, -0.25) is 71.9 Å². The average Bonchev–Trinajstić information content (AvgIpc) is 2.09. The molecule has 0 bridgehead atoms. The minimum Gasteiger partial charge on any atom is -0.481 e. The topological polar surface area (TPSA) is 464 Å². The fourth-order valence-corrected chi connectivity index (χ4v) is 10.1. The first-order chi connectivity index (χ1) is 41.6. The highest BCUT2D eigenvalue weighted by Crippen LogP contribution is 2.23. The Morgan fingerprint density at radius 1 is 0.584 bits per heavy atom. The van der Waals surface area contributed by atoms with E-state index in [2.05, 4.69) is 67.0 Å². The highest BCUT2D eigenvalue weighted by atomic mass is 16.4. The lowest BCUT2D eigenvalue weighted by molar-refractivity contribution is -0.146. The maximum absolute atomic E-state index is 14.8. The first-order valence-electron chi connectivity index (χ1n) is 30.1. The molecule has 0 spiro atoms. The van der Waals surface area contributed by atoms with E-state index in [0.29, 0.717) is 25.2 Å². The van der Waals surface area contributed by atoms with Crippen LogP contribution >= 0.6 is 0 Å². The number of aliphatic hydroxyl groups is 1. The van der Waals surface area contributed by atoms with Crippen LogP contribution in [0.25, 0.3) is 0 Å². The number of rotatable bonds is 23. The van der Waals surface area contributed by atoms with Crippen LogP contribution in [0.1, 0.15) is 158 Å². The Balaban J connectivity index is 0.0000270. The largest absolute Gasteiger partial charge is 0.481 e. The molecule has 3 heterocycles. The molecule has 0 aromatic carbocycles. The number of fused-ring (bicyclic) bond motifs is 2. The van der Waals surface area contributed by atoms with Crippen LogP contribution in [0.5, 0.6) is 0 Å². The summed E-state index contributed by atoms with van der Waals surface area (Å²) in [4.78, 5) is 202. The molecule has 0 aromatic heterocycles. The van der Waals surface area contributed by atoms with Crippen molar-refractivity contribution in [2.45, 2.75) is 212 Å². The second-order valence-corrected chi connectivity index (χ2v) is 22.8. The van der Waals surface area contributed by atoms with E-state index in [1.54, 1.807) is 19.9 Å². The van der Waals surface area contributed by atoms with E-state index in [1.807, 2.05) is 0 Å². The minimum atomic E-state index is -1.90. The number of carboxylic acid groups (broad SMARTS) is 3. The van der Waals surface area contributed by atoms with Crippen molar-refractivity contribution in [3.63, 3.8) is 0 Å². The van der Waals surface area contributed by atoms with Crippen molar-refractivity contribution >= 4 is 88.8 Å². The van der Waals surface area contributed by atoms with E-state index < -0.39 is 195 Å². The van der Waals surface area contributed by atoms with Crippen LogP contribution in [0.4, 0.5) is 0 Å². The lowest BCUT2D eigenvalue weighted by Gasteiger charge is -2.37. The number of carbonyl (C=O) groups is 15. The summed E-state index contributed by atoms with van der Waals surface area (Å²) in [6.07, 6.45) is 8.26. The molecule has 3 saturated heterocycles. The van der Waals surface area contributed by atoms with Crippen LogP contribution < -0.4 is 53.2 Å². The van der Waals surface area contributed by atoms with Crippen molar-refractivity contribution in [1.82, 2.24) is 63.0 Å². The van der Waals surface area contributed by atoms with Gasteiger partial charge in [0.1, 0.15) is 48.3 Å². The fraction of sp³-hybridized carbons (Fsp3) is 0.707. The lowest BCUT2D eigenvalue weighted by atomic mass is 9.96. The van der Waals surface area contributed by atoms with E-state index in [1.165, 1.54) is 24.2 Å². The summed E-state index contributed by atoms with van der Waals surface area (Å²) in [5.74, 6) is -17.2. The molecule has 0 aliphatic carbocycles. The molecule has 500 valence electrons. The highest BCUT2D eigenvalue weighted by molar-refractivity contribution is 6.00. The third kappa shape index (κ3) is 27.4. The molecule has 0 aromatic rings. The molecule has 31 nitrogen and oxygen atoms in total. The minimum absolute atomic E-state index is 0. The van der Waals surface area contributed by atoms with Crippen LogP contribution in [0.15, 0.2) is 12.2 Å². The van der Waals surface area contributed by atoms with Crippen molar-refractivity contribution in [1.29, 1.82) is 0 Å². The van der Waals surface area contributed by atoms with E-state index in [-0.39, 0.29) is 46.2 Å². The van der Waals surface area contributed by atoms with Gasteiger partial charge in [0.05, 0.1) is 45.0 Å². The van der Waals surface area contributed by atoms with Gasteiger partial charge in [-0.25, -0.2) is 0 Å². The Morgan fingerprint density at radius 2 is 1.08 bits per heavy atom. The number of amides is 12. The van der Waals surface area contributed by atoms with Gasteiger partial charge in [0.2, 0.25) is 70.9 Å². The molecule has 89 heavy (non-hydrogen) atoms. The monoisotopic (exact) mass is 1260 g/mol. The van der Waals surface area contributed by atoms with Gasteiger partial charge in [-0.2, -0.15) is 0 Å². The van der Waals surface area contributed by atoms with E-state index in [0.717, 1.165) is 50.0 Å². The second kappa shape index (κ2) is 39.6. The van der Waals surface area contributed by atoms with E-state index >= 15 is 0 Å². The number of aliphatic carboxylic acids is 3. The Kier molecular flexibility index (Phi) is 34.2. The molecule has 3 rings (SSSR count). The van der Waals surface area contributed by atoms with Gasteiger partial charge < -0.3 is 83.4 Å². The second-order valence-electron chi connectivity index (χ2n) is 22.8. The number of hydrogen-bond acceptors (Lipinski definition) is 16. The molecule has 14 N–H and O–H groups in total. The Hall–Kier alpha value is -8.25. The average molecular weight is 1260 g/mol. The standard InChI is InChI=1S/C57H90N12O19.CH4/c1-6-33(4)48-57(88)69-24-18-21-40(69)53(84)58-28-38(65-52(83)37(27-47(79)80)62-41(71)22-15-13-11-9-7-8-10-12-14-19-32(2)3)56(87)68-23-17-16-20-39(68)54(85)61-30-43(73)64-35(25-45(75)76)50(81)59-29-42(72)63-36(26-46(77)78)51(82)60-31-44(74)66-49(34(5)70)55(86)67-48;/h15,22,32-40,48-49,70H,6-14,16-21,23-31H2,1-5H3,(H,58,84)(H,59,81)(H,60,82)(H,61,85)(H,62,71)(H,63,72)(H,64,73)(H,65,83)(H,66,74)(H,67,86)(H,75,76)(H,77,78)(H,79,80);1H4/b22-15+;. The summed E-state index contributed by atoms with van der Waals surface area (Å²) in [6, 6.07) is -13.2. The molecule has 10 atom stereocenters. The van der Waals surface area contributed by atoms with Gasteiger partial charge in [-0.1, -0.05) is 92.6 Å². The molecule has 31 heteroatoms. The summed E-state index contributed by atoms with van der Waals surface area (Å²) >= 11 is 0. The number of nitrogens with one attached hydrogen (secondary N) is 10. The van der Waals surface area contributed by atoms with Gasteiger partial charge in [0.15, 0.2) is 0 Å². The molecular weight excluding hydrogens is 1170 g/mol. The van der Waals surface area contributed by atoms with Crippen LogP contribution in [0, 0.1) is 11.8 Å². The Bertz CT molecular complexity index is 2530. The number of nitrogens with zero attached hydrogens (tertiary/aromatic N) is 2. The summed E-state index contributed by atoms with van der Waals surface area (Å²) in [7, 11) is 0. The van der Waals surface area contributed by atoms with E-state index in [4.69, 9.17) is 0 Å². The number of unbranched alkanes of at least 4 members (excludes halogenated alkanes) is 7. The number of carboxylic acids is 3. The molecule has 3 fully saturated rings. The molecular formula is C58H94N12O19. The first-order valence-corrected chi connectivity index (χ1v) is 30.1. The van der Waals surface area contributed by atoms with Crippen molar-refractivity contribution < 1.29 is 92.3 Å². The predicted octanol–water partition coefficient (Wildman–Crippen LogP) is -2.04. The van der Waals surface area contributed by atoms with Gasteiger partial charge >= 0.3 is 17.9 Å². The Labute approximate surface area is 517 Å². The number of carbonyl (C=O) groups excluding carboxylic acids is 12. The summed E-state index contributed by atoms with van der Waals surface area (Å²) in [6.45, 7) is 5.06. The maximum atomic E-state index is 14.8. The molecule has 0 saturated carbocycles. The van der Waals surface area contributed by atoms with Gasteiger partial charge in [-0.05, 0) is 69.8 Å².